The summed E-state index contributed by atoms with van der Waals surface area (Å²) in [4.78, 5) is 21.1. The summed E-state index contributed by atoms with van der Waals surface area (Å²) in [6.45, 7) is 4.23. The first-order valence-corrected chi connectivity index (χ1v) is 10.4. The monoisotopic (exact) mass is 397 g/mol. The van der Waals surface area contributed by atoms with Gasteiger partial charge >= 0.3 is 0 Å². The van der Waals surface area contributed by atoms with Crippen LogP contribution in [-0.4, -0.2) is 24.9 Å². The van der Waals surface area contributed by atoms with Crippen LogP contribution >= 0.6 is 11.8 Å². The molecule has 29 heavy (non-hydrogen) atoms. The first kappa shape index (κ1) is 17.8. The molecule has 0 spiro atoms. The number of fused-ring (bicyclic) bond motifs is 2. The Morgan fingerprint density at radius 2 is 1.86 bits per heavy atom. The van der Waals surface area contributed by atoms with E-state index in [1.54, 1.807) is 24.4 Å². The van der Waals surface area contributed by atoms with Gasteiger partial charge in [0.1, 0.15) is 16.9 Å². The van der Waals surface area contributed by atoms with Gasteiger partial charge in [-0.25, -0.2) is 19.9 Å². The fraction of sp³-hybridized carbons (Fsp3) is 0.130. The van der Waals surface area contributed by atoms with Crippen LogP contribution in [-0.2, 0) is 5.75 Å². The van der Waals surface area contributed by atoms with Gasteiger partial charge in [0, 0.05) is 16.7 Å². The summed E-state index contributed by atoms with van der Waals surface area (Å²) in [5.74, 6) is 0.756. The number of pyridine rings is 1. The minimum absolute atomic E-state index is 0.689. The molecule has 0 aliphatic rings. The molecule has 6 heteroatoms. The first-order chi connectivity index (χ1) is 14.2. The molecule has 2 aromatic carbocycles. The van der Waals surface area contributed by atoms with Gasteiger partial charge in [-0.3, -0.25) is 0 Å². The van der Waals surface area contributed by atoms with Gasteiger partial charge in [0.2, 0.25) is 0 Å². The zero-order valence-corrected chi connectivity index (χ0v) is 17.0. The molecular formula is C23H19N5S. The highest BCUT2D eigenvalue weighted by atomic mass is 32.2. The summed E-state index contributed by atoms with van der Waals surface area (Å²) in [6, 6.07) is 17.1. The number of aromatic amines is 1. The van der Waals surface area contributed by atoms with E-state index in [4.69, 9.17) is 4.98 Å². The second-order valence-corrected chi connectivity index (χ2v) is 8.04. The van der Waals surface area contributed by atoms with Gasteiger partial charge in [0.25, 0.3) is 0 Å². The van der Waals surface area contributed by atoms with Gasteiger partial charge in [-0.2, -0.15) is 0 Å². The molecule has 0 saturated heterocycles. The number of H-pyrrole nitrogens is 1. The Morgan fingerprint density at radius 3 is 2.76 bits per heavy atom. The van der Waals surface area contributed by atoms with Crippen LogP contribution in [0.3, 0.4) is 0 Å². The van der Waals surface area contributed by atoms with E-state index in [1.165, 1.54) is 22.3 Å². The summed E-state index contributed by atoms with van der Waals surface area (Å²) in [7, 11) is 0. The van der Waals surface area contributed by atoms with E-state index < -0.39 is 0 Å². The van der Waals surface area contributed by atoms with E-state index in [1.807, 2.05) is 0 Å². The first-order valence-electron chi connectivity index (χ1n) is 9.42. The molecular weight excluding hydrogens is 378 g/mol. The number of nitrogens with one attached hydrogen (secondary N) is 1. The summed E-state index contributed by atoms with van der Waals surface area (Å²) in [5, 5.41) is 2.05. The molecule has 0 radical (unpaired) electrons. The Morgan fingerprint density at radius 1 is 0.966 bits per heavy atom. The van der Waals surface area contributed by atoms with E-state index in [0.29, 0.717) is 5.65 Å². The molecule has 5 aromatic rings. The minimum Gasteiger partial charge on any atom is -0.341 e. The van der Waals surface area contributed by atoms with Crippen LogP contribution < -0.4 is 0 Å². The number of nitrogens with zero attached hydrogens (tertiary/aromatic N) is 4. The van der Waals surface area contributed by atoms with Crippen molar-refractivity contribution >= 4 is 33.8 Å². The predicted molar refractivity (Wildman–Crippen MR) is 118 cm³/mol. The maximum atomic E-state index is 5.07. The van der Waals surface area contributed by atoms with Crippen LogP contribution in [0.1, 0.15) is 16.7 Å². The van der Waals surface area contributed by atoms with Crippen molar-refractivity contribution in [2.75, 3.05) is 0 Å². The molecule has 5 rings (SSSR count). The van der Waals surface area contributed by atoms with Gasteiger partial charge in [0.05, 0.1) is 17.5 Å². The van der Waals surface area contributed by atoms with Gasteiger partial charge in [-0.05, 0) is 42.7 Å². The number of aromatic nitrogens is 5. The second-order valence-electron chi connectivity index (χ2n) is 7.08. The molecule has 0 aliphatic heterocycles. The lowest BCUT2D eigenvalue weighted by Gasteiger charge is -2.13. The third-order valence-corrected chi connectivity index (χ3v) is 6.04. The fourth-order valence-corrected chi connectivity index (χ4v) is 4.43. The Bertz CT molecular complexity index is 1340. The fourth-order valence-electron chi connectivity index (χ4n) is 3.50. The maximum Gasteiger partial charge on any atom is 0.181 e. The lowest BCUT2D eigenvalue weighted by molar-refractivity contribution is 1.08. The SMILES string of the molecule is Cc1ccc2cc(CSc3ncnc4nc[nH]c34)c(-c3ccccc3C)nc2c1. The van der Waals surface area contributed by atoms with E-state index in [9.17, 15) is 0 Å². The van der Waals surface area contributed by atoms with Gasteiger partial charge in [-0.1, -0.05) is 48.2 Å². The topological polar surface area (TPSA) is 67.3 Å². The molecule has 1 N–H and O–H groups in total. The number of rotatable bonds is 4. The second kappa shape index (κ2) is 7.29. The van der Waals surface area contributed by atoms with Crippen LogP contribution in [0.25, 0.3) is 33.3 Å². The van der Waals surface area contributed by atoms with Crippen LogP contribution in [0.4, 0.5) is 0 Å². The van der Waals surface area contributed by atoms with E-state index >= 15 is 0 Å². The number of hydrogen-bond acceptors (Lipinski definition) is 5. The summed E-state index contributed by atoms with van der Waals surface area (Å²) in [5.41, 5.74) is 8.40. The average molecular weight is 398 g/mol. The minimum atomic E-state index is 0.689. The number of aryl methyl sites for hydroxylation is 2. The number of thioether (sulfide) groups is 1. The molecule has 0 saturated carbocycles. The molecule has 3 heterocycles. The van der Waals surface area contributed by atoms with Gasteiger partial charge < -0.3 is 4.98 Å². The lowest BCUT2D eigenvalue weighted by atomic mass is 10.00. The van der Waals surface area contributed by atoms with Crippen LogP contribution in [0.5, 0.6) is 0 Å². The van der Waals surface area contributed by atoms with Gasteiger partial charge in [-0.15, -0.1) is 0 Å². The van der Waals surface area contributed by atoms with Crippen LogP contribution in [0.2, 0.25) is 0 Å². The van der Waals surface area contributed by atoms with Crippen molar-refractivity contribution in [1.82, 2.24) is 24.9 Å². The molecule has 0 fully saturated rings. The van der Waals surface area contributed by atoms with Crippen molar-refractivity contribution in [2.24, 2.45) is 0 Å². The van der Waals surface area contributed by atoms with Crippen molar-refractivity contribution in [3.63, 3.8) is 0 Å². The molecule has 0 unspecified atom stereocenters. The standard InChI is InChI=1S/C23H19N5S/c1-14-7-8-16-10-17(11-29-23-21-22(25-12-24-21)26-13-27-23)20(28-19(16)9-14)18-6-4-3-5-15(18)2/h3-10,12-13H,11H2,1-2H3,(H,24,25,26,27). The smallest absolute Gasteiger partial charge is 0.181 e. The molecule has 3 aromatic heterocycles. The number of hydrogen-bond donors (Lipinski definition) is 1. The van der Waals surface area contributed by atoms with Crippen molar-refractivity contribution in [3.8, 4) is 11.3 Å². The highest BCUT2D eigenvalue weighted by Crippen LogP contribution is 2.33. The Labute approximate surface area is 172 Å². The van der Waals surface area contributed by atoms with Crippen LogP contribution in [0, 0.1) is 13.8 Å². The number of benzene rings is 2. The van der Waals surface area contributed by atoms with E-state index in [2.05, 4.69) is 82.3 Å². The van der Waals surface area contributed by atoms with Crippen molar-refractivity contribution in [3.05, 3.63) is 77.9 Å². The zero-order chi connectivity index (χ0) is 19.8. The normalized spacial score (nSPS) is 11.4. The molecule has 0 bridgehead atoms. The highest BCUT2D eigenvalue weighted by molar-refractivity contribution is 7.98. The highest BCUT2D eigenvalue weighted by Gasteiger charge is 2.14. The summed E-state index contributed by atoms with van der Waals surface area (Å²) in [6.07, 6.45) is 3.22. The van der Waals surface area contributed by atoms with E-state index in [0.717, 1.165) is 32.9 Å². The van der Waals surface area contributed by atoms with E-state index in [-0.39, 0.29) is 0 Å². The number of imidazole rings is 1. The molecule has 0 atom stereocenters. The van der Waals surface area contributed by atoms with Crippen molar-refractivity contribution in [1.29, 1.82) is 0 Å². The summed E-state index contributed by atoms with van der Waals surface area (Å²) >= 11 is 1.67. The lowest BCUT2D eigenvalue weighted by Crippen LogP contribution is -1.96. The zero-order valence-electron chi connectivity index (χ0n) is 16.2. The van der Waals surface area contributed by atoms with Crippen molar-refractivity contribution < 1.29 is 0 Å². The van der Waals surface area contributed by atoms with Crippen LogP contribution in [0.15, 0.2) is 66.2 Å². The Hall–Kier alpha value is -3.25. The quantitative estimate of drug-likeness (QED) is 0.321. The average Bonchev–Trinajstić information content (AvgIpc) is 3.21. The molecule has 5 nitrogen and oxygen atoms in total. The van der Waals surface area contributed by atoms with Crippen molar-refractivity contribution in [2.45, 2.75) is 24.6 Å². The molecule has 142 valence electrons. The predicted octanol–water partition coefficient (Wildman–Crippen LogP) is 5.48. The summed E-state index contributed by atoms with van der Waals surface area (Å²) < 4.78 is 0. The molecule has 0 aliphatic carbocycles. The third kappa shape index (κ3) is 3.36. The Kier molecular flexibility index (Phi) is 4.48. The maximum absolute atomic E-state index is 5.07. The Balaban J connectivity index is 1.61. The third-order valence-electron chi connectivity index (χ3n) is 5.00. The van der Waals surface area contributed by atoms with Gasteiger partial charge in [0.15, 0.2) is 5.65 Å². The molecule has 0 amide bonds. The largest absolute Gasteiger partial charge is 0.341 e.